The molecule has 1 aliphatic carbocycles. The van der Waals surface area contributed by atoms with Crippen molar-refractivity contribution in [1.82, 2.24) is 20.1 Å². The molecule has 1 N–H and O–H groups in total. The van der Waals surface area contributed by atoms with Crippen LogP contribution in [0.25, 0.3) is 10.2 Å². The van der Waals surface area contributed by atoms with Crippen molar-refractivity contribution in [1.29, 1.82) is 0 Å². The van der Waals surface area contributed by atoms with Crippen molar-refractivity contribution in [2.75, 3.05) is 0 Å². The lowest BCUT2D eigenvalue weighted by Crippen LogP contribution is -2.31. The molecule has 2 heterocycles. The van der Waals surface area contributed by atoms with Gasteiger partial charge in [0.1, 0.15) is 0 Å². The van der Waals surface area contributed by atoms with Gasteiger partial charge in [-0.2, -0.15) is 5.10 Å². The molecule has 5 nitrogen and oxygen atoms in total. The molecule has 1 atom stereocenters. The smallest absolute Gasteiger partial charge is 0.220 e. The summed E-state index contributed by atoms with van der Waals surface area (Å²) in [6, 6.07) is 18.6. The number of aryl methyl sites for hydroxylation is 1. The number of hydrogen-bond acceptors (Lipinski definition) is 4. The van der Waals surface area contributed by atoms with Gasteiger partial charge in [0.25, 0.3) is 0 Å². The zero-order chi connectivity index (χ0) is 20.3. The zero-order valence-electron chi connectivity index (χ0n) is 16.8. The van der Waals surface area contributed by atoms with Gasteiger partial charge >= 0.3 is 0 Å². The quantitative estimate of drug-likeness (QED) is 0.497. The van der Waals surface area contributed by atoms with Crippen LogP contribution in [-0.2, 0) is 24.2 Å². The Kier molecular flexibility index (Phi) is 5.32. The molecule has 0 bridgehead atoms. The molecular weight excluding hydrogens is 392 g/mol. The summed E-state index contributed by atoms with van der Waals surface area (Å²) in [6.07, 6.45) is 6.13. The van der Waals surface area contributed by atoms with Crippen molar-refractivity contribution in [3.63, 3.8) is 0 Å². The summed E-state index contributed by atoms with van der Waals surface area (Å²) >= 11 is 1.67. The molecule has 0 spiro atoms. The van der Waals surface area contributed by atoms with Crippen LogP contribution in [0.1, 0.15) is 47.1 Å². The predicted octanol–water partition coefficient (Wildman–Crippen LogP) is 4.67. The van der Waals surface area contributed by atoms with Crippen molar-refractivity contribution >= 4 is 27.5 Å². The first-order valence-electron chi connectivity index (χ1n) is 10.5. The first kappa shape index (κ1) is 19.0. The first-order valence-corrected chi connectivity index (χ1v) is 11.3. The minimum Gasteiger partial charge on any atom is -0.349 e. The van der Waals surface area contributed by atoms with Crippen molar-refractivity contribution in [2.24, 2.45) is 0 Å². The Hall–Kier alpha value is -2.99. The fourth-order valence-electron chi connectivity index (χ4n) is 4.18. The second kappa shape index (κ2) is 8.40. The van der Waals surface area contributed by atoms with Gasteiger partial charge in [-0.1, -0.05) is 42.5 Å². The van der Waals surface area contributed by atoms with Crippen LogP contribution < -0.4 is 5.32 Å². The van der Waals surface area contributed by atoms with Gasteiger partial charge in [-0.15, -0.1) is 11.3 Å². The van der Waals surface area contributed by atoms with Crippen LogP contribution in [0.15, 0.2) is 60.8 Å². The van der Waals surface area contributed by atoms with E-state index in [1.807, 2.05) is 30.5 Å². The Balaban J connectivity index is 1.23. The van der Waals surface area contributed by atoms with E-state index in [1.54, 1.807) is 11.3 Å². The molecular formula is C24H24N4OS. The van der Waals surface area contributed by atoms with Crippen LogP contribution in [0.2, 0.25) is 0 Å². The van der Waals surface area contributed by atoms with E-state index >= 15 is 0 Å². The highest BCUT2D eigenvalue weighted by molar-refractivity contribution is 7.18. The van der Waals surface area contributed by atoms with E-state index < -0.39 is 0 Å². The van der Waals surface area contributed by atoms with E-state index in [4.69, 9.17) is 0 Å². The lowest BCUT2D eigenvalue weighted by Gasteiger charge is -2.24. The third kappa shape index (κ3) is 4.00. The van der Waals surface area contributed by atoms with Crippen molar-refractivity contribution in [2.45, 2.75) is 44.7 Å². The van der Waals surface area contributed by atoms with Gasteiger partial charge in [-0.3, -0.25) is 9.48 Å². The Labute approximate surface area is 179 Å². The van der Waals surface area contributed by atoms with Crippen LogP contribution in [0.4, 0.5) is 0 Å². The van der Waals surface area contributed by atoms with Crippen LogP contribution in [0, 0.1) is 0 Å². The lowest BCUT2D eigenvalue weighted by molar-refractivity contribution is -0.121. The summed E-state index contributed by atoms with van der Waals surface area (Å²) in [6.45, 7) is 0.772. The molecule has 0 saturated heterocycles. The van der Waals surface area contributed by atoms with Crippen LogP contribution in [0.5, 0.6) is 0 Å². The maximum absolute atomic E-state index is 12.6. The summed E-state index contributed by atoms with van der Waals surface area (Å²) in [5.41, 5.74) is 4.68. The number of thiazole rings is 1. The highest BCUT2D eigenvalue weighted by Crippen LogP contribution is 2.30. The summed E-state index contributed by atoms with van der Waals surface area (Å²) in [5.74, 6) is 0.0860. The highest BCUT2D eigenvalue weighted by atomic mass is 32.1. The third-order valence-electron chi connectivity index (χ3n) is 5.68. The van der Waals surface area contributed by atoms with Crippen LogP contribution in [-0.4, -0.2) is 20.7 Å². The Bertz CT molecular complexity index is 1130. The van der Waals surface area contributed by atoms with Gasteiger partial charge in [0.05, 0.1) is 34.0 Å². The number of benzene rings is 2. The lowest BCUT2D eigenvalue weighted by atomic mass is 9.92. The SMILES string of the molecule is O=C(CCc1nc2ccccc2s1)N[C@H]1CCCc2c1cnn2Cc1ccccc1. The molecule has 6 heteroatoms. The van der Waals surface area contributed by atoms with Gasteiger partial charge in [0.15, 0.2) is 0 Å². The van der Waals surface area contributed by atoms with E-state index in [0.29, 0.717) is 12.8 Å². The third-order valence-corrected chi connectivity index (χ3v) is 6.77. The second-order valence-corrected chi connectivity index (χ2v) is 8.89. The molecule has 0 radical (unpaired) electrons. The molecule has 30 heavy (non-hydrogen) atoms. The van der Waals surface area contributed by atoms with Gasteiger partial charge in [-0.05, 0) is 37.0 Å². The molecule has 0 unspecified atom stereocenters. The number of nitrogens with one attached hydrogen (secondary N) is 1. The van der Waals surface area contributed by atoms with Gasteiger partial charge in [0.2, 0.25) is 5.91 Å². The van der Waals surface area contributed by atoms with Crippen LogP contribution in [0.3, 0.4) is 0 Å². The predicted molar refractivity (Wildman–Crippen MR) is 120 cm³/mol. The Morgan fingerprint density at radius 1 is 1.13 bits per heavy atom. The molecule has 1 aliphatic rings. The molecule has 0 fully saturated rings. The summed E-state index contributed by atoms with van der Waals surface area (Å²) in [7, 11) is 0. The maximum atomic E-state index is 12.6. The molecule has 2 aromatic carbocycles. The number of nitrogens with zero attached hydrogens (tertiary/aromatic N) is 3. The summed E-state index contributed by atoms with van der Waals surface area (Å²) < 4.78 is 3.26. The number of carbonyl (C=O) groups excluding carboxylic acids is 1. The highest BCUT2D eigenvalue weighted by Gasteiger charge is 2.25. The number of rotatable bonds is 6. The minimum atomic E-state index is 0.0566. The van der Waals surface area contributed by atoms with Gasteiger partial charge in [-0.25, -0.2) is 4.98 Å². The Morgan fingerprint density at radius 3 is 2.83 bits per heavy atom. The number of hydrogen-bond donors (Lipinski definition) is 1. The molecule has 0 saturated carbocycles. The van der Waals surface area contributed by atoms with Gasteiger partial charge < -0.3 is 5.32 Å². The van der Waals surface area contributed by atoms with Crippen molar-refractivity contribution in [3.8, 4) is 0 Å². The monoisotopic (exact) mass is 416 g/mol. The van der Waals surface area contributed by atoms with E-state index in [9.17, 15) is 4.79 Å². The standard InChI is InChI=1S/C24H24N4OS/c29-23(13-14-24-27-20-9-4-5-12-22(20)30-24)26-19-10-6-11-21-18(19)15-25-28(21)16-17-7-2-1-3-8-17/h1-5,7-9,12,15,19H,6,10-11,13-14,16H2,(H,26,29)/t19-/m0/s1. The first-order chi connectivity index (χ1) is 14.8. The number of fused-ring (bicyclic) bond motifs is 2. The molecule has 1 amide bonds. The fraction of sp³-hybridized carbons (Fsp3) is 0.292. The van der Waals surface area contributed by atoms with Crippen molar-refractivity contribution in [3.05, 3.63) is 82.6 Å². The molecule has 5 rings (SSSR count). The van der Waals surface area contributed by atoms with E-state index in [-0.39, 0.29) is 11.9 Å². The number of amides is 1. The van der Waals surface area contributed by atoms with Crippen molar-refractivity contribution < 1.29 is 4.79 Å². The summed E-state index contributed by atoms with van der Waals surface area (Å²) in [5, 5.41) is 8.89. The average Bonchev–Trinajstić information content (AvgIpc) is 3.38. The second-order valence-electron chi connectivity index (χ2n) is 7.78. The Morgan fingerprint density at radius 2 is 1.97 bits per heavy atom. The summed E-state index contributed by atoms with van der Waals surface area (Å²) in [4.78, 5) is 17.3. The largest absolute Gasteiger partial charge is 0.349 e. The van der Waals surface area contributed by atoms with E-state index in [2.05, 4.69) is 50.4 Å². The molecule has 0 aliphatic heterocycles. The topological polar surface area (TPSA) is 59.8 Å². The van der Waals surface area contributed by atoms with E-state index in [0.717, 1.165) is 36.3 Å². The van der Waals surface area contributed by atoms with Crippen LogP contribution >= 0.6 is 11.3 Å². The zero-order valence-corrected chi connectivity index (χ0v) is 17.6. The minimum absolute atomic E-state index is 0.0566. The van der Waals surface area contributed by atoms with E-state index in [1.165, 1.54) is 21.5 Å². The fourth-order valence-corrected chi connectivity index (χ4v) is 5.14. The molecule has 152 valence electrons. The normalized spacial score (nSPS) is 15.8. The molecule has 4 aromatic rings. The van der Waals surface area contributed by atoms with Gasteiger partial charge in [0, 0.05) is 24.1 Å². The molecule has 2 aromatic heterocycles. The number of carbonyl (C=O) groups is 1. The average molecular weight is 417 g/mol. The number of para-hydroxylation sites is 1. The number of aromatic nitrogens is 3. The maximum Gasteiger partial charge on any atom is 0.220 e.